The summed E-state index contributed by atoms with van der Waals surface area (Å²) in [5, 5.41) is 11.8. The van der Waals surface area contributed by atoms with E-state index < -0.39 is 4.92 Å². The van der Waals surface area contributed by atoms with Gasteiger partial charge in [0.15, 0.2) is 5.58 Å². The van der Waals surface area contributed by atoms with Gasteiger partial charge in [0.2, 0.25) is 5.89 Å². The summed E-state index contributed by atoms with van der Waals surface area (Å²) in [5.41, 5.74) is 2.73. The van der Waals surface area contributed by atoms with Crippen molar-refractivity contribution < 1.29 is 9.34 Å². The molecule has 0 atom stereocenters. The standard InChI is InChI=1S/C20H10Cl3N3O3/c21-14-6-4-11(8-17(14)26(27)28)10-24-12-5-7-18-16(9-12)25-20(29-18)13-2-1-3-15(22)19(13)23/h1-10H. The van der Waals surface area contributed by atoms with Gasteiger partial charge >= 0.3 is 0 Å². The third-order valence-electron chi connectivity index (χ3n) is 4.08. The molecule has 4 aromatic rings. The number of hydrogen-bond donors (Lipinski definition) is 0. The highest BCUT2D eigenvalue weighted by Gasteiger charge is 2.14. The number of rotatable bonds is 4. The molecule has 29 heavy (non-hydrogen) atoms. The van der Waals surface area contributed by atoms with Crippen LogP contribution in [0.15, 0.2) is 64.0 Å². The fraction of sp³-hybridized carbons (Fsp3) is 0. The fourth-order valence-electron chi connectivity index (χ4n) is 2.68. The number of fused-ring (bicyclic) bond motifs is 1. The Bertz CT molecular complexity index is 1280. The number of oxazole rings is 1. The Hall–Kier alpha value is -2.93. The van der Waals surface area contributed by atoms with E-state index in [1.54, 1.807) is 42.5 Å². The van der Waals surface area contributed by atoms with Crippen LogP contribution in [0.3, 0.4) is 0 Å². The van der Waals surface area contributed by atoms with Crippen molar-refractivity contribution >= 4 is 63.5 Å². The van der Waals surface area contributed by atoms with Crippen molar-refractivity contribution in [2.75, 3.05) is 0 Å². The number of nitro benzene ring substituents is 1. The Morgan fingerprint density at radius 2 is 1.86 bits per heavy atom. The molecule has 6 nitrogen and oxygen atoms in total. The van der Waals surface area contributed by atoms with Gasteiger partial charge in [-0.3, -0.25) is 15.1 Å². The van der Waals surface area contributed by atoms with Crippen molar-refractivity contribution in [3.05, 3.63) is 85.3 Å². The van der Waals surface area contributed by atoms with Crippen LogP contribution < -0.4 is 0 Å². The Morgan fingerprint density at radius 3 is 2.66 bits per heavy atom. The highest BCUT2D eigenvalue weighted by Crippen LogP contribution is 2.35. The first-order chi connectivity index (χ1) is 13.9. The van der Waals surface area contributed by atoms with Gasteiger partial charge in [-0.1, -0.05) is 46.9 Å². The maximum Gasteiger partial charge on any atom is 0.288 e. The molecule has 0 radical (unpaired) electrons. The van der Waals surface area contributed by atoms with E-state index in [9.17, 15) is 10.1 Å². The van der Waals surface area contributed by atoms with Gasteiger partial charge in [-0.05, 0) is 42.0 Å². The normalized spacial score (nSPS) is 11.4. The van der Waals surface area contributed by atoms with Crippen molar-refractivity contribution in [1.29, 1.82) is 0 Å². The minimum atomic E-state index is -0.538. The summed E-state index contributed by atoms with van der Waals surface area (Å²) in [5.74, 6) is 0.349. The fourth-order valence-corrected chi connectivity index (χ4v) is 3.25. The second-order valence-electron chi connectivity index (χ2n) is 6.00. The van der Waals surface area contributed by atoms with Gasteiger partial charge in [0.1, 0.15) is 10.5 Å². The number of halogens is 3. The molecule has 1 heterocycles. The van der Waals surface area contributed by atoms with Crippen molar-refractivity contribution in [3.63, 3.8) is 0 Å². The van der Waals surface area contributed by atoms with Gasteiger partial charge in [0.25, 0.3) is 5.69 Å². The zero-order valence-electron chi connectivity index (χ0n) is 14.5. The molecule has 0 spiro atoms. The molecule has 0 aliphatic carbocycles. The lowest BCUT2D eigenvalue weighted by Gasteiger charge is -2.00. The Kier molecular flexibility index (Phi) is 5.24. The van der Waals surface area contributed by atoms with Crippen LogP contribution >= 0.6 is 34.8 Å². The SMILES string of the molecule is O=[N+]([O-])c1cc(C=Nc2ccc3oc(-c4cccc(Cl)c4Cl)nc3c2)ccc1Cl. The molecule has 0 unspecified atom stereocenters. The Balaban J connectivity index is 1.66. The van der Waals surface area contributed by atoms with Gasteiger partial charge in [-0.2, -0.15) is 0 Å². The number of aromatic nitrogens is 1. The lowest BCUT2D eigenvalue weighted by molar-refractivity contribution is -0.384. The van der Waals surface area contributed by atoms with E-state index in [2.05, 4.69) is 9.98 Å². The van der Waals surface area contributed by atoms with E-state index in [1.165, 1.54) is 18.3 Å². The van der Waals surface area contributed by atoms with Crippen LogP contribution in [0.5, 0.6) is 0 Å². The average molecular weight is 447 g/mol. The first-order valence-electron chi connectivity index (χ1n) is 8.25. The minimum Gasteiger partial charge on any atom is -0.436 e. The van der Waals surface area contributed by atoms with Gasteiger partial charge in [-0.15, -0.1) is 0 Å². The number of hydrogen-bond acceptors (Lipinski definition) is 5. The number of aliphatic imine (C=N–C) groups is 1. The first-order valence-corrected chi connectivity index (χ1v) is 9.39. The molecule has 9 heteroatoms. The van der Waals surface area contributed by atoms with Crippen LogP contribution in [0.25, 0.3) is 22.6 Å². The van der Waals surface area contributed by atoms with Gasteiger partial charge in [-0.25, -0.2) is 4.98 Å². The third-order valence-corrected chi connectivity index (χ3v) is 5.22. The molecule has 0 amide bonds. The molecule has 3 aromatic carbocycles. The van der Waals surface area contributed by atoms with Crippen LogP contribution in [0.1, 0.15) is 5.56 Å². The second-order valence-corrected chi connectivity index (χ2v) is 7.19. The zero-order chi connectivity index (χ0) is 20.5. The Morgan fingerprint density at radius 1 is 1.03 bits per heavy atom. The van der Waals surface area contributed by atoms with Crippen LogP contribution in [-0.2, 0) is 0 Å². The van der Waals surface area contributed by atoms with Crippen LogP contribution in [0, 0.1) is 10.1 Å². The number of nitrogens with zero attached hydrogens (tertiary/aromatic N) is 3. The summed E-state index contributed by atoms with van der Waals surface area (Å²) in [4.78, 5) is 19.3. The summed E-state index contributed by atoms with van der Waals surface area (Å²) >= 11 is 18.1. The van der Waals surface area contributed by atoms with E-state index in [4.69, 9.17) is 39.2 Å². The maximum absolute atomic E-state index is 11.0. The van der Waals surface area contributed by atoms with Crippen LogP contribution in [-0.4, -0.2) is 16.1 Å². The summed E-state index contributed by atoms with van der Waals surface area (Å²) in [6.45, 7) is 0. The molecule has 1 aromatic heterocycles. The van der Waals surface area contributed by atoms with E-state index in [0.29, 0.717) is 43.9 Å². The van der Waals surface area contributed by atoms with E-state index in [1.807, 2.05) is 0 Å². The number of nitro groups is 1. The van der Waals surface area contributed by atoms with E-state index in [0.717, 1.165) is 0 Å². The van der Waals surface area contributed by atoms with Gasteiger partial charge < -0.3 is 4.42 Å². The molecular formula is C20H10Cl3N3O3. The summed E-state index contributed by atoms with van der Waals surface area (Å²) in [6, 6.07) is 14.9. The molecule has 144 valence electrons. The first kappa shape index (κ1) is 19.4. The topological polar surface area (TPSA) is 81.5 Å². The van der Waals surface area contributed by atoms with E-state index in [-0.39, 0.29) is 10.7 Å². The average Bonchev–Trinajstić information content (AvgIpc) is 3.12. The molecule has 0 aliphatic heterocycles. The third kappa shape index (κ3) is 3.96. The number of benzene rings is 3. The second kappa shape index (κ2) is 7.83. The molecule has 0 N–H and O–H groups in total. The summed E-state index contributed by atoms with van der Waals surface area (Å²) in [7, 11) is 0. The van der Waals surface area contributed by atoms with Gasteiger partial charge in [0, 0.05) is 12.3 Å². The molecule has 4 rings (SSSR count). The lowest BCUT2D eigenvalue weighted by atomic mass is 10.2. The monoisotopic (exact) mass is 445 g/mol. The predicted molar refractivity (Wildman–Crippen MR) is 115 cm³/mol. The van der Waals surface area contributed by atoms with Crippen LogP contribution in [0.4, 0.5) is 11.4 Å². The lowest BCUT2D eigenvalue weighted by Crippen LogP contribution is -1.91. The summed E-state index contributed by atoms with van der Waals surface area (Å²) in [6.07, 6.45) is 1.51. The zero-order valence-corrected chi connectivity index (χ0v) is 16.7. The molecular weight excluding hydrogens is 437 g/mol. The summed E-state index contributed by atoms with van der Waals surface area (Å²) < 4.78 is 5.77. The van der Waals surface area contributed by atoms with Crippen molar-refractivity contribution in [2.45, 2.75) is 0 Å². The van der Waals surface area contributed by atoms with Crippen molar-refractivity contribution in [3.8, 4) is 11.5 Å². The van der Waals surface area contributed by atoms with Crippen molar-refractivity contribution in [1.82, 2.24) is 4.98 Å². The molecule has 0 saturated carbocycles. The minimum absolute atomic E-state index is 0.0726. The Labute approximate surface area is 179 Å². The molecule has 0 aliphatic rings. The smallest absolute Gasteiger partial charge is 0.288 e. The highest BCUT2D eigenvalue weighted by molar-refractivity contribution is 6.43. The maximum atomic E-state index is 11.0. The molecule has 0 bridgehead atoms. The predicted octanol–water partition coefficient (Wildman–Crippen LogP) is 7.11. The molecule has 0 saturated heterocycles. The van der Waals surface area contributed by atoms with E-state index >= 15 is 0 Å². The van der Waals surface area contributed by atoms with Crippen molar-refractivity contribution in [2.24, 2.45) is 4.99 Å². The van der Waals surface area contributed by atoms with Crippen LogP contribution in [0.2, 0.25) is 15.1 Å². The largest absolute Gasteiger partial charge is 0.436 e. The molecule has 0 fully saturated rings. The highest BCUT2D eigenvalue weighted by atomic mass is 35.5. The quantitative estimate of drug-likeness (QED) is 0.190. The van der Waals surface area contributed by atoms with Gasteiger partial charge in [0.05, 0.1) is 26.2 Å².